The van der Waals surface area contributed by atoms with Crippen molar-refractivity contribution in [1.82, 2.24) is 0 Å². The van der Waals surface area contributed by atoms with Crippen LogP contribution < -0.4 is 0 Å². The standard InChI is InChI=1S/C11H16/c1-3-4-5-6-7-10(2)11-8-9-11/h4-7,11H,2-3,8-9H2,1H3. The largest absolute Gasteiger partial charge is 0.0955 e. The summed E-state index contributed by atoms with van der Waals surface area (Å²) in [7, 11) is 0. The summed E-state index contributed by atoms with van der Waals surface area (Å²) in [5, 5.41) is 0. The van der Waals surface area contributed by atoms with Crippen molar-refractivity contribution in [3.05, 3.63) is 36.5 Å². The van der Waals surface area contributed by atoms with Crippen molar-refractivity contribution in [3.63, 3.8) is 0 Å². The lowest BCUT2D eigenvalue weighted by molar-refractivity contribution is 1.06. The van der Waals surface area contributed by atoms with E-state index in [0.29, 0.717) is 0 Å². The smallest absolute Gasteiger partial charge is 0.0167 e. The zero-order valence-corrected chi connectivity index (χ0v) is 7.22. The van der Waals surface area contributed by atoms with Gasteiger partial charge in [0.1, 0.15) is 0 Å². The van der Waals surface area contributed by atoms with E-state index in [1.54, 1.807) is 0 Å². The molecule has 1 saturated carbocycles. The van der Waals surface area contributed by atoms with Crippen molar-refractivity contribution in [2.45, 2.75) is 26.2 Å². The molecule has 0 saturated heterocycles. The van der Waals surface area contributed by atoms with Gasteiger partial charge in [0.05, 0.1) is 0 Å². The van der Waals surface area contributed by atoms with Crippen LogP contribution in [0.1, 0.15) is 26.2 Å². The molecule has 0 N–H and O–H groups in total. The molecule has 1 aliphatic carbocycles. The summed E-state index contributed by atoms with van der Waals surface area (Å²) in [6.45, 7) is 6.13. The van der Waals surface area contributed by atoms with Gasteiger partial charge in [-0.05, 0) is 25.2 Å². The van der Waals surface area contributed by atoms with Crippen LogP contribution in [0.25, 0.3) is 0 Å². The number of allylic oxidation sites excluding steroid dienone is 5. The van der Waals surface area contributed by atoms with E-state index in [2.05, 4.69) is 37.8 Å². The Morgan fingerprint density at radius 2 is 2.18 bits per heavy atom. The molecule has 1 aliphatic rings. The van der Waals surface area contributed by atoms with E-state index in [0.717, 1.165) is 12.3 Å². The lowest BCUT2D eigenvalue weighted by Crippen LogP contribution is -1.74. The van der Waals surface area contributed by atoms with Gasteiger partial charge in [0.15, 0.2) is 0 Å². The van der Waals surface area contributed by atoms with Crippen LogP contribution in [0.5, 0.6) is 0 Å². The Hall–Kier alpha value is -0.780. The third-order valence-electron chi connectivity index (χ3n) is 1.89. The first-order chi connectivity index (χ1) is 5.34. The molecule has 1 fully saturated rings. The normalized spacial score (nSPS) is 18.3. The van der Waals surface area contributed by atoms with E-state index in [4.69, 9.17) is 0 Å². The van der Waals surface area contributed by atoms with Crippen LogP contribution in [0, 0.1) is 5.92 Å². The number of rotatable bonds is 4. The zero-order valence-electron chi connectivity index (χ0n) is 7.22. The van der Waals surface area contributed by atoms with Gasteiger partial charge in [-0.15, -0.1) is 0 Å². The molecule has 60 valence electrons. The molecule has 1 rings (SSSR count). The maximum atomic E-state index is 3.99. The molecule has 0 aromatic carbocycles. The summed E-state index contributed by atoms with van der Waals surface area (Å²) in [5.74, 6) is 0.807. The molecule has 0 atom stereocenters. The van der Waals surface area contributed by atoms with Gasteiger partial charge in [-0.25, -0.2) is 0 Å². The Bertz CT molecular complexity index is 180. The SMILES string of the molecule is C=C(C=CC=CCC)C1CC1. The Labute approximate surface area is 69.3 Å². The highest BCUT2D eigenvalue weighted by atomic mass is 14.3. The Balaban J connectivity index is 2.22. The minimum atomic E-state index is 0.807. The molecule has 0 bridgehead atoms. The fourth-order valence-corrected chi connectivity index (χ4v) is 0.984. The van der Waals surface area contributed by atoms with Gasteiger partial charge in [-0.3, -0.25) is 0 Å². The summed E-state index contributed by atoms with van der Waals surface area (Å²) in [5.41, 5.74) is 1.30. The van der Waals surface area contributed by atoms with Gasteiger partial charge in [0, 0.05) is 0 Å². The monoisotopic (exact) mass is 148 g/mol. The van der Waals surface area contributed by atoms with Crippen LogP contribution in [-0.2, 0) is 0 Å². The maximum Gasteiger partial charge on any atom is -0.0167 e. The molecule has 0 heterocycles. The van der Waals surface area contributed by atoms with E-state index in [1.807, 2.05) is 0 Å². The molecule has 0 aliphatic heterocycles. The molecule has 0 nitrogen and oxygen atoms in total. The van der Waals surface area contributed by atoms with Crippen molar-refractivity contribution >= 4 is 0 Å². The molecule has 0 radical (unpaired) electrons. The molecular weight excluding hydrogens is 132 g/mol. The quantitative estimate of drug-likeness (QED) is 0.535. The van der Waals surface area contributed by atoms with Gasteiger partial charge in [-0.1, -0.05) is 43.4 Å². The highest BCUT2D eigenvalue weighted by Crippen LogP contribution is 2.35. The Kier molecular flexibility index (Phi) is 3.15. The second-order valence-electron chi connectivity index (χ2n) is 3.04. The summed E-state index contributed by atoms with van der Waals surface area (Å²) >= 11 is 0. The molecule has 0 spiro atoms. The minimum absolute atomic E-state index is 0.807. The molecule has 0 aromatic heterocycles. The highest BCUT2D eigenvalue weighted by Gasteiger charge is 2.22. The van der Waals surface area contributed by atoms with Crippen LogP contribution in [0.2, 0.25) is 0 Å². The first kappa shape index (κ1) is 8.32. The average Bonchev–Trinajstić information content (AvgIpc) is 2.79. The lowest BCUT2D eigenvalue weighted by atomic mass is 10.2. The minimum Gasteiger partial charge on any atom is -0.0955 e. The van der Waals surface area contributed by atoms with Crippen molar-refractivity contribution in [2.75, 3.05) is 0 Å². The highest BCUT2D eigenvalue weighted by molar-refractivity contribution is 5.24. The lowest BCUT2D eigenvalue weighted by Gasteiger charge is -1.90. The van der Waals surface area contributed by atoms with Crippen molar-refractivity contribution in [1.29, 1.82) is 0 Å². The molecule has 0 amide bonds. The van der Waals surface area contributed by atoms with Gasteiger partial charge in [0.2, 0.25) is 0 Å². The predicted octanol–water partition coefficient (Wildman–Crippen LogP) is 3.48. The first-order valence-electron chi connectivity index (χ1n) is 4.36. The topological polar surface area (TPSA) is 0 Å². The summed E-state index contributed by atoms with van der Waals surface area (Å²) < 4.78 is 0. The third-order valence-corrected chi connectivity index (χ3v) is 1.89. The van der Waals surface area contributed by atoms with Gasteiger partial charge in [0.25, 0.3) is 0 Å². The van der Waals surface area contributed by atoms with Crippen molar-refractivity contribution < 1.29 is 0 Å². The number of hydrogen-bond acceptors (Lipinski definition) is 0. The summed E-state index contributed by atoms with van der Waals surface area (Å²) in [6, 6.07) is 0. The van der Waals surface area contributed by atoms with Crippen LogP contribution >= 0.6 is 0 Å². The molecule has 0 heteroatoms. The van der Waals surface area contributed by atoms with E-state index < -0.39 is 0 Å². The van der Waals surface area contributed by atoms with Crippen LogP contribution in [-0.4, -0.2) is 0 Å². The fourth-order valence-electron chi connectivity index (χ4n) is 0.984. The first-order valence-corrected chi connectivity index (χ1v) is 4.36. The zero-order chi connectivity index (χ0) is 8.10. The summed E-state index contributed by atoms with van der Waals surface area (Å²) in [4.78, 5) is 0. The van der Waals surface area contributed by atoms with E-state index >= 15 is 0 Å². The van der Waals surface area contributed by atoms with Crippen molar-refractivity contribution in [3.8, 4) is 0 Å². The van der Waals surface area contributed by atoms with Crippen LogP contribution in [0.15, 0.2) is 36.5 Å². The van der Waals surface area contributed by atoms with E-state index in [1.165, 1.54) is 18.4 Å². The predicted molar refractivity (Wildman–Crippen MR) is 50.4 cm³/mol. The fraction of sp³-hybridized carbons (Fsp3) is 0.455. The van der Waals surface area contributed by atoms with Crippen molar-refractivity contribution in [2.24, 2.45) is 5.92 Å². The maximum absolute atomic E-state index is 3.99. The van der Waals surface area contributed by atoms with Crippen LogP contribution in [0.4, 0.5) is 0 Å². The summed E-state index contributed by atoms with van der Waals surface area (Å²) in [6.07, 6.45) is 12.3. The molecular formula is C11H16. The Morgan fingerprint density at radius 1 is 1.45 bits per heavy atom. The molecule has 0 unspecified atom stereocenters. The third kappa shape index (κ3) is 3.22. The van der Waals surface area contributed by atoms with Gasteiger partial charge < -0.3 is 0 Å². The Morgan fingerprint density at radius 3 is 2.73 bits per heavy atom. The second kappa shape index (κ2) is 4.17. The molecule has 0 aromatic rings. The van der Waals surface area contributed by atoms with E-state index in [-0.39, 0.29) is 0 Å². The van der Waals surface area contributed by atoms with Crippen LogP contribution in [0.3, 0.4) is 0 Å². The molecule has 11 heavy (non-hydrogen) atoms. The average molecular weight is 148 g/mol. The van der Waals surface area contributed by atoms with E-state index in [9.17, 15) is 0 Å². The van der Waals surface area contributed by atoms with Gasteiger partial charge in [-0.2, -0.15) is 0 Å². The number of hydrogen-bond donors (Lipinski definition) is 0. The second-order valence-corrected chi connectivity index (χ2v) is 3.04. The van der Waals surface area contributed by atoms with Gasteiger partial charge >= 0.3 is 0 Å².